The van der Waals surface area contributed by atoms with E-state index in [1.165, 1.54) is 0 Å². The van der Waals surface area contributed by atoms with E-state index in [2.05, 4.69) is 5.43 Å². The van der Waals surface area contributed by atoms with E-state index in [0.29, 0.717) is 18.5 Å². The Bertz CT molecular complexity index is 478. The Hall–Kier alpha value is -1.60. The van der Waals surface area contributed by atoms with Crippen LogP contribution in [0.4, 0.5) is 13.2 Å². The monoisotopic (exact) mass is 301 g/mol. The number of carbonyl (C=O) groups is 1. The van der Waals surface area contributed by atoms with Crippen LogP contribution in [0.5, 0.6) is 0 Å². The van der Waals surface area contributed by atoms with Crippen molar-refractivity contribution in [2.75, 3.05) is 13.1 Å². The van der Waals surface area contributed by atoms with Crippen LogP contribution in [-0.2, 0) is 4.79 Å². The molecule has 2 rings (SSSR count). The Labute approximate surface area is 121 Å². The van der Waals surface area contributed by atoms with Crippen LogP contribution in [0.25, 0.3) is 0 Å². The molecular weight excluding hydrogens is 283 g/mol. The molecule has 2 atom stereocenters. The van der Waals surface area contributed by atoms with E-state index in [4.69, 9.17) is 5.84 Å². The van der Waals surface area contributed by atoms with E-state index in [-0.39, 0.29) is 13.0 Å². The summed E-state index contributed by atoms with van der Waals surface area (Å²) < 4.78 is 38.7. The van der Waals surface area contributed by atoms with Crippen LogP contribution in [0.15, 0.2) is 30.3 Å². The van der Waals surface area contributed by atoms with Gasteiger partial charge < -0.3 is 0 Å². The van der Waals surface area contributed by atoms with Crippen molar-refractivity contribution in [2.24, 2.45) is 11.8 Å². The number of halogens is 3. The predicted octanol–water partition coefficient (Wildman–Crippen LogP) is 1.99. The molecule has 0 bridgehead atoms. The molecule has 1 fully saturated rings. The number of hydrazine groups is 1. The number of piperidine rings is 1. The molecule has 0 saturated carbocycles. The van der Waals surface area contributed by atoms with Crippen molar-refractivity contribution >= 4 is 5.91 Å². The molecule has 0 radical (unpaired) electrons. The Morgan fingerprint density at radius 1 is 1.33 bits per heavy atom. The molecule has 7 heteroatoms. The number of nitrogens with two attached hydrogens (primary N) is 1. The maximum atomic E-state index is 12.9. The largest absolute Gasteiger partial charge is 0.393 e. The van der Waals surface area contributed by atoms with Crippen molar-refractivity contribution in [3.63, 3.8) is 0 Å². The van der Waals surface area contributed by atoms with Crippen LogP contribution in [0.1, 0.15) is 24.4 Å². The van der Waals surface area contributed by atoms with Crippen LogP contribution >= 0.6 is 0 Å². The molecule has 1 amide bonds. The number of nitrogens with one attached hydrogen (secondary N) is 1. The van der Waals surface area contributed by atoms with Crippen molar-refractivity contribution in [1.29, 1.82) is 0 Å². The first-order valence-corrected chi connectivity index (χ1v) is 6.79. The first-order valence-electron chi connectivity index (χ1n) is 6.79. The fourth-order valence-corrected chi connectivity index (χ4v) is 2.75. The van der Waals surface area contributed by atoms with Crippen LogP contribution < -0.4 is 11.3 Å². The zero-order valence-electron chi connectivity index (χ0n) is 11.4. The molecule has 1 saturated heterocycles. The second kappa shape index (κ2) is 6.44. The van der Waals surface area contributed by atoms with E-state index in [1.807, 2.05) is 0 Å². The fourth-order valence-electron chi connectivity index (χ4n) is 2.75. The minimum absolute atomic E-state index is 0.103. The van der Waals surface area contributed by atoms with Gasteiger partial charge in [-0.05, 0) is 24.9 Å². The Morgan fingerprint density at radius 3 is 2.57 bits per heavy atom. The second-order valence-corrected chi connectivity index (χ2v) is 5.20. The Balaban J connectivity index is 2.23. The fraction of sp³-hybridized carbons (Fsp3) is 0.500. The van der Waals surface area contributed by atoms with Gasteiger partial charge in [-0.1, -0.05) is 30.3 Å². The number of rotatable bonds is 3. The number of amides is 1. The lowest BCUT2D eigenvalue weighted by atomic mass is 9.94. The Kier molecular flexibility index (Phi) is 4.84. The van der Waals surface area contributed by atoms with Gasteiger partial charge >= 0.3 is 6.18 Å². The maximum absolute atomic E-state index is 12.9. The van der Waals surface area contributed by atoms with Crippen molar-refractivity contribution in [2.45, 2.75) is 25.1 Å². The number of carbonyl (C=O) groups excluding carboxylic acids is 1. The number of hydrogen-bond donors (Lipinski definition) is 2. The third-order valence-corrected chi connectivity index (χ3v) is 3.79. The van der Waals surface area contributed by atoms with E-state index < -0.39 is 24.0 Å². The highest BCUT2D eigenvalue weighted by atomic mass is 19.4. The van der Waals surface area contributed by atoms with Crippen LogP contribution in [-0.4, -0.2) is 30.1 Å². The molecule has 4 nitrogen and oxygen atoms in total. The summed E-state index contributed by atoms with van der Waals surface area (Å²) in [6.45, 7) is 0.260. The number of alkyl halides is 3. The first-order chi connectivity index (χ1) is 9.93. The zero-order chi connectivity index (χ0) is 15.5. The summed E-state index contributed by atoms with van der Waals surface area (Å²) in [5.74, 6) is 3.29. The average molecular weight is 301 g/mol. The average Bonchev–Trinajstić information content (AvgIpc) is 2.48. The summed E-state index contributed by atoms with van der Waals surface area (Å²) in [6.07, 6.45) is -3.73. The van der Waals surface area contributed by atoms with Gasteiger partial charge in [-0.2, -0.15) is 13.2 Å². The van der Waals surface area contributed by atoms with Gasteiger partial charge in [0.25, 0.3) is 5.91 Å². The van der Waals surface area contributed by atoms with Gasteiger partial charge in [-0.15, -0.1) is 0 Å². The molecule has 1 aromatic carbocycles. The third-order valence-electron chi connectivity index (χ3n) is 3.79. The van der Waals surface area contributed by atoms with Gasteiger partial charge in [-0.3, -0.25) is 15.1 Å². The predicted molar refractivity (Wildman–Crippen MR) is 71.9 cm³/mol. The van der Waals surface area contributed by atoms with E-state index >= 15 is 0 Å². The standard InChI is InChI=1S/C14H18F3N3O/c15-14(16,17)11-7-4-8-20(9-11)12(13(21)19-18)10-5-2-1-3-6-10/h1-3,5-6,11-12H,4,7-9,18H2,(H,19,21). The summed E-state index contributed by atoms with van der Waals surface area (Å²) in [7, 11) is 0. The molecule has 21 heavy (non-hydrogen) atoms. The summed E-state index contributed by atoms with van der Waals surface area (Å²) >= 11 is 0. The molecule has 0 spiro atoms. The quantitative estimate of drug-likeness (QED) is 0.510. The molecule has 0 aliphatic carbocycles. The SMILES string of the molecule is NNC(=O)C(c1ccccc1)N1CCCC(C(F)(F)F)C1. The smallest absolute Gasteiger partial charge is 0.293 e. The van der Waals surface area contributed by atoms with Gasteiger partial charge in [0.2, 0.25) is 0 Å². The molecule has 2 unspecified atom stereocenters. The maximum Gasteiger partial charge on any atom is 0.393 e. The van der Waals surface area contributed by atoms with Gasteiger partial charge in [0.1, 0.15) is 6.04 Å². The lowest BCUT2D eigenvalue weighted by Crippen LogP contribution is -2.49. The molecule has 1 heterocycles. The summed E-state index contributed by atoms with van der Waals surface area (Å²) in [4.78, 5) is 13.6. The lowest BCUT2D eigenvalue weighted by molar-refractivity contribution is -0.189. The molecule has 116 valence electrons. The van der Waals surface area contributed by atoms with Gasteiger partial charge in [0.05, 0.1) is 5.92 Å². The molecule has 1 aliphatic heterocycles. The van der Waals surface area contributed by atoms with Gasteiger partial charge in [0, 0.05) is 6.54 Å². The summed E-state index contributed by atoms with van der Waals surface area (Å²) in [6, 6.07) is 7.93. The van der Waals surface area contributed by atoms with Crippen LogP contribution in [0.3, 0.4) is 0 Å². The number of benzene rings is 1. The molecule has 3 N–H and O–H groups in total. The highest BCUT2D eigenvalue weighted by Crippen LogP contribution is 2.36. The highest BCUT2D eigenvalue weighted by Gasteiger charge is 2.44. The lowest BCUT2D eigenvalue weighted by Gasteiger charge is -2.38. The van der Waals surface area contributed by atoms with Crippen molar-refractivity contribution in [1.82, 2.24) is 10.3 Å². The third kappa shape index (κ3) is 3.74. The van der Waals surface area contributed by atoms with Crippen LogP contribution in [0.2, 0.25) is 0 Å². The van der Waals surface area contributed by atoms with E-state index in [0.717, 1.165) is 0 Å². The minimum Gasteiger partial charge on any atom is -0.293 e. The second-order valence-electron chi connectivity index (χ2n) is 5.20. The minimum atomic E-state index is -4.24. The normalized spacial score (nSPS) is 21.8. The van der Waals surface area contributed by atoms with Crippen molar-refractivity contribution in [3.05, 3.63) is 35.9 Å². The number of likely N-dealkylation sites (tertiary alicyclic amines) is 1. The van der Waals surface area contributed by atoms with Gasteiger partial charge in [-0.25, -0.2) is 5.84 Å². The molecule has 1 aromatic rings. The first kappa shape index (κ1) is 15.8. The highest BCUT2D eigenvalue weighted by molar-refractivity contribution is 5.82. The van der Waals surface area contributed by atoms with Gasteiger partial charge in [0.15, 0.2) is 0 Å². The Morgan fingerprint density at radius 2 is 2.00 bits per heavy atom. The molecule has 0 aromatic heterocycles. The van der Waals surface area contributed by atoms with Crippen molar-refractivity contribution in [3.8, 4) is 0 Å². The van der Waals surface area contributed by atoms with E-state index in [1.54, 1.807) is 35.2 Å². The molecular formula is C14H18F3N3O. The molecule has 1 aliphatic rings. The number of nitrogens with zero attached hydrogens (tertiary/aromatic N) is 1. The summed E-state index contributed by atoms with van der Waals surface area (Å²) in [5, 5.41) is 0. The summed E-state index contributed by atoms with van der Waals surface area (Å²) in [5.41, 5.74) is 2.69. The zero-order valence-corrected chi connectivity index (χ0v) is 11.4. The van der Waals surface area contributed by atoms with Crippen molar-refractivity contribution < 1.29 is 18.0 Å². The van der Waals surface area contributed by atoms with Crippen LogP contribution in [0, 0.1) is 5.92 Å². The van der Waals surface area contributed by atoms with E-state index in [9.17, 15) is 18.0 Å². The number of hydrogen-bond acceptors (Lipinski definition) is 3. The topological polar surface area (TPSA) is 58.4 Å².